The molecule has 0 saturated heterocycles. The third kappa shape index (κ3) is 4.58. The number of halogens is 2. The number of hydrogen-bond donors (Lipinski definition) is 1. The molecule has 0 spiro atoms. The molecule has 1 heterocycles. The van der Waals surface area contributed by atoms with Crippen LogP contribution in [0.15, 0.2) is 17.5 Å². The van der Waals surface area contributed by atoms with Crippen LogP contribution in [0.25, 0.3) is 0 Å². The minimum absolute atomic E-state index is 0.0587. The van der Waals surface area contributed by atoms with E-state index in [1.165, 1.54) is 0 Å². The summed E-state index contributed by atoms with van der Waals surface area (Å²) in [4.78, 5) is 4.38. The van der Waals surface area contributed by atoms with Gasteiger partial charge in [0.1, 0.15) is 12.4 Å². The number of ether oxygens (including phenoxy) is 1. The normalized spacial score (nSPS) is 12.4. The first-order valence-corrected chi connectivity index (χ1v) is 8.40. The third-order valence-corrected chi connectivity index (χ3v) is 4.44. The van der Waals surface area contributed by atoms with E-state index in [0.717, 1.165) is 22.7 Å². The zero-order chi connectivity index (χ0) is 15.4. The van der Waals surface area contributed by atoms with Crippen molar-refractivity contribution in [3.05, 3.63) is 43.8 Å². The summed E-state index contributed by atoms with van der Waals surface area (Å²) in [7, 11) is 0. The fourth-order valence-corrected chi connectivity index (χ4v) is 3.16. The highest BCUT2D eigenvalue weighted by atomic mass is 35.5. The number of aromatic nitrogens is 1. The fourth-order valence-electron chi connectivity index (χ4n) is 1.97. The van der Waals surface area contributed by atoms with Crippen molar-refractivity contribution in [2.45, 2.75) is 39.3 Å². The van der Waals surface area contributed by atoms with Crippen molar-refractivity contribution in [1.29, 1.82) is 0 Å². The molecule has 1 aromatic carbocycles. The van der Waals surface area contributed by atoms with Gasteiger partial charge >= 0.3 is 0 Å². The van der Waals surface area contributed by atoms with E-state index in [-0.39, 0.29) is 6.04 Å². The summed E-state index contributed by atoms with van der Waals surface area (Å²) in [5, 5.41) is 4.10. The SMILES string of the molecule is CCC(N)Cc1cc(Cl)cc(Cl)c1OCc1csc(C)n1. The van der Waals surface area contributed by atoms with Crippen LogP contribution < -0.4 is 10.5 Å². The van der Waals surface area contributed by atoms with Crippen LogP contribution in [-0.2, 0) is 13.0 Å². The number of hydrogen-bond acceptors (Lipinski definition) is 4. The fraction of sp³-hybridized carbons (Fsp3) is 0.400. The van der Waals surface area contributed by atoms with Crippen molar-refractivity contribution in [3.63, 3.8) is 0 Å². The molecule has 1 aromatic heterocycles. The van der Waals surface area contributed by atoms with Crippen LogP contribution >= 0.6 is 34.5 Å². The summed E-state index contributed by atoms with van der Waals surface area (Å²) in [6.45, 7) is 4.41. The molecule has 21 heavy (non-hydrogen) atoms. The lowest BCUT2D eigenvalue weighted by Crippen LogP contribution is -2.21. The van der Waals surface area contributed by atoms with E-state index in [0.29, 0.717) is 28.8 Å². The van der Waals surface area contributed by atoms with E-state index in [1.807, 2.05) is 18.4 Å². The number of nitrogens with zero attached hydrogens (tertiary/aromatic N) is 1. The Morgan fingerprint density at radius 2 is 2.14 bits per heavy atom. The molecule has 2 N–H and O–H groups in total. The molecule has 6 heteroatoms. The van der Waals surface area contributed by atoms with Crippen molar-refractivity contribution >= 4 is 34.5 Å². The summed E-state index contributed by atoms with van der Waals surface area (Å²) in [5.74, 6) is 0.649. The second-order valence-corrected chi connectivity index (χ2v) is 6.80. The summed E-state index contributed by atoms with van der Waals surface area (Å²) in [6, 6.07) is 3.61. The monoisotopic (exact) mass is 344 g/mol. The molecule has 0 fully saturated rings. The highest BCUT2D eigenvalue weighted by molar-refractivity contribution is 7.09. The van der Waals surface area contributed by atoms with Gasteiger partial charge in [-0.25, -0.2) is 4.98 Å². The quantitative estimate of drug-likeness (QED) is 0.831. The predicted molar refractivity (Wildman–Crippen MR) is 89.6 cm³/mol. The van der Waals surface area contributed by atoms with Crippen molar-refractivity contribution in [2.24, 2.45) is 5.73 Å². The Labute approximate surface area is 139 Å². The Balaban J connectivity index is 2.19. The molecule has 0 bridgehead atoms. The summed E-state index contributed by atoms with van der Waals surface area (Å²) in [6.07, 6.45) is 1.57. The summed E-state index contributed by atoms with van der Waals surface area (Å²) < 4.78 is 5.87. The second-order valence-electron chi connectivity index (χ2n) is 4.89. The van der Waals surface area contributed by atoms with Gasteiger partial charge < -0.3 is 10.5 Å². The Bertz CT molecular complexity index is 616. The zero-order valence-electron chi connectivity index (χ0n) is 12.0. The molecule has 0 amide bonds. The van der Waals surface area contributed by atoms with Crippen molar-refractivity contribution < 1.29 is 4.74 Å². The summed E-state index contributed by atoms with van der Waals surface area (Å²) in [5.41, 5.74) is 7.87. The van der Waals surface area contributed by atoms with Crippen molar-refractivity contribution in [2.75, 3.05) is 0 Å². The average molecular weight is 345 g/mol. The topological polar surface area (TPSA) is 48.1 Å². The molecule has 0 aliphatic heterocycles. The van der Waals surface area contributed by atoms with E-state index >= 15 is 0 Å². The van der Waals surface area contributed by atoms with Gasteiger partial charge in [0.15, 0.2) is 0 Å². The van der Waals surface area contributed by atoms with Crippen LogP contribution in [-0.4, -0.2) is 11.0 Å². The molecule has 0 aliphatic rings. The van der Waals surface area contributed by atoms with E-state index in [1.54, 1.807) is 17.4 Å². The van der Waals surface area contributed by atoms with E-state index in [2.05, 4.69) is 11.9 Å². The van der Waals surface area contributed by atoms with Gasteiger partial charge in [-0.15, -0.1) is 11.3 Å². The van der Waals surface area contributed by atoms with Crippen LogP contribution in [0.5, 0.6) is 5.75 Å². The summed E-state index contributed by atoms with van der Waals surface area (Å²) >= 11 is 13.9. The number of nitrogens with two attached hydrogens (primary N) is 1. The molecule has 0 radical (unpaired) electrons. The van der Waals surface area contributed by atoms with Gasteiger partial charge in [0.2, 0.25) is 0 Å². The highest BCUT2D eigenvalue weighted by Gasteiger charge is 2.14. The smallest absolute Gasteiger partial charge is 0.141 e. The maximum Gasteiger partial charge on any atom is 0.141 e. The first-order valence-electron chi connectivity index (χ1n) is 6.77. The number of thiazole rings is 1. The molecular formula is C15H18Cl2N2OS. The minimum atomic E-state index is 0.0587. The van der Waals surface area contributed by atoms with Crippen LogP contribution in [0.1, 0.15) is 29.6 Å². The Morgan fingerprint density at radius 1 is 1.38 bits per heavy atom. The Morgan fingerprint density at radius 3 is 2.76 bits per heavy atom. The molecule has 2 rings (SSSR count). The Hall–Kier alpha value is -0.810. The van der Waals surface area contributed by atoms with Gasteiger partial charge in [-0.1, -0.05) is 30.1 Å². The van der Waals surface area contributed by atoms with Gasteiger partial charge in [0, 0.05) is 16.4 Å². The molecule has 0 saturated carbocycles. The number of aryl methyl sites for hydroxylation is 1. The van der Waals surface area contributed by atoms with Gasteiger partial charge in [-0.3, -0.25) is 0 Å². The maximum atomic E-state index is 6.26. The van der Waals surface area contributed by atoms with Crippen LogP contribution in [0.3, 0.4) is 0 Å². The zero-order valence-corrected chi connectivity index (χ0v) is 14.4. The average Bonchev–Trinajstić information content (AvgIpc) is 2.83. The number of rotatable bonds is 6. The van der Waals surface area contributed by atoms with Gasteiger partial charge in [0.05, 0.1) is 15.7 Å². The highest BCUT2D eigenvalue weighted by Crippen LogP contribution is 2.34. The Kier molecular flexibility index (Phi) is 5.88. The van der Waals surface area contributed by atoms with Crippen LogP contribution in [0, 0.1) is 6.92 Å². The molecule has 1 atom stereocenters. The van der Waals surface area contributed by atoms with E-state index in [4.69, 9.17) is 33.7 Å². The van der Waals surface area contributed by atoms with Crippen molar-refractivity contribution in [3.8, 4) is 5.75 Å². The first-order chi connectivity index (χ1) is 9.99. The van der Waals surface area contributed by atoms with E-state index < -0.39 is 0 Å². The lowest BCUT2D eigenvalue weighted by molar-refractivity contribution is 0.298. The molecule has 3 nitrogen and oxygen atoms in total. The second kappa shape index (κ2) is 7.45. The van der Waals surface area contributed by atoms with E-state index in [9.17, 15) is 0 Å². The predicted octanol–water partition coefficient (Wildman–Crippen LogP) is 4.62. The van der Waals surface area contributed by atoms with Gasteiger partial charge in [0.25, 0.3) is 0 Å². The van der Waals surface area contributed by atoms with Crippen LogP contribution in [0.2, 0.25) is 10.0 Å². The lowest BCUT2D eigenvalue weighted by atomic mass is 10.0. The maximum absolute atomic E-state index is 6.26. The van der Waals surface area contributed by atoms with Gasteiger partial charge in [-0.2, -0.15) is 0 Å². The number of benzene rings is 1. The molecule has 0 aliphatic carbocycles. The minimum Gasteiger partial charge on any atom is -0.485 e. The largest absolute Gasteiger partial charge is 0.485 e. The molecule has 1 unspecified atom stereocenters. The molecular weight excluding hydrogens is 327 g/mol. The molecule has 114 valence electrons. The standard InChI is InChI=1S/C15H18Cl2N2OS/c1-3-12(18)5-10-4-11(16)6-14(17)15(10)20-7-13-8-21-9(2)19-13/h4,6,8,12H,3,5,7,18H2,1-2H3. The van der Waals surface area contributed by atoms with Gasteiger partial charge in [-0.05, 0) is 37.5 Å². The van der Waals surface area contributed by atoms with Crippen LogP contribution in [0.4, 0.5) is 0 Å². The third-order valence-electron chi connectivity index (χ3n) is 3.12. The molecule has 2 aromatic rings. The van der Waals surface area contributed by atoms with Crippen molar-refractivity contribution in [1.82, 2.24) is 4.98 Å². The first kappa shape index (κ1) is 16.6. The lowest BCUT2D eigenvalue weighted by Gasteiger charge is -2.16.